The molecule has 1 aliphatic rings. The van der Waals surface area contributed by atoms with Gasteiger partial charge in [0, 0.05) is 24.6 Å². The van der Waals surface area contributed by atoms with Crippen LogP contribution in [-0.2, 0) is 0 Å². The first kappa shape index (κ1) is 11.0. The topological polar surface area (TPSA) is 23.5 Å². The summed E-state index contributed by atoms with van der Waals surface area (Å²) < 4.78 is 0. The van der Waals surface area contributed by atoms with Gasteiger partial charge in [-0.3, -0.25) is 0 Å². The first-order chi connectivity index (χ1) is 6.11. The van der Waals surface area contributed by atoms with Crippen LogP contribution in [0.5, 0.6) is 0 Å². The minimum absolute atomic E-state index is 0.102. The molecule has 78 valence electrons. The van der Waals surface area contributed by atoms with Crippen molar-refractivity contribution >= 4 is 0 Å². The lowest BCUT2D eigenvalue weighted by molar-refractivity contribution is 0.0568. The molecule has 13 heavy (non-hydrogen) atoms. The van der Waals surface area contributed by atoms with Crippen molar-refractivity contribution in [2.75, 3.05) is 20.2 Å². The van der Waals surface area contributed by atoms with Gasteiger partial charge >= 0.3 is 0 Å². The largest absolute Gasteiger partial charge is 0.396 e. The van der Waals surface area contributed by atoms with Crippen LogP contribution in [0.1, 0.15) is 39.5 Å². The molecule has 0 heterocycles. The fourth-order valence-electron chi connectivity index (χ4n) is 1.83. The second-order valence-corrected chi connectivity index (χ2v) is 4.82. The van der Waals surface area contributed by atoms with Crippen LogP contribution in [0.2, 0.25) is 0 Å². The van der Waals surface area contributed by atoms with Crippen molar-refractivity contribution in [2.45, 2.75) is 45.6 Å². The average Bonchev–Trinajstić information content (AvgIpc) is 2.01. The van der Waals surface area contributed by atoms with Crippen molar-refractivity contribution < 1.29 is 5.11 Å². The lowest BCUT2D eigenvalue weighted by atomic mass is 9.85. The highest BCUT2D eigenvalue weighted by Gasteiger charge is 2.28. The molecule has 0 aliphatic heterocycles. The molecule has 0 aromatic carbocycles. The molecule has 0 aromatic heterocycles. The summed E-state index contributed by atoms with van der Waals surface area (Å²) in [4.78, 5) is 2.42. The van der Waals surface area contributed by atoms with Crippen molar-refractivity contribution in [1.29, 1.82) is 0 Å². The number of nitrogens with zero attached hydrogens (tertiary/aromatic N) is 1. The first-order valence-corrected chi connectivity index (χ1v) is 5.42. The van der Waals surface area contributed by atoms with E-state index in [1.165, 1.54) is 19.3 Å². The molecule has 0 saturated heterocycles. The molecule has 0 radical (unpaired) electrons. The Morgan fingerprint density at radius 1 is 1.46 bits per heavy atom. The van der Waals surface area contributed by atoms with Crippen molar-refractivity contribution in [3.63, 3.8) is 0 Å². The predicted molar refractivity (Wildman–Crippen MR) is 55.8 cm³/mol. The number of hydrogen-bond acceptors (Lipinski definition) is 2. The highest BCUT2D eigenvalue weighted by Crippen LogP contribution is 2.28. The van der Waals surface area contributed by atoms with Gasteiger partial charge in [-0.05, 0) is 26.3 Å². The van der Waals surface area contributed by atoms with Gasteiger partial charge in [0.05, 0.1) is 0 Å². The van der Waals surface area contributed by atoms with E-state index in [0.717, 1.165) is 19.0 Å². The van der Waals surface area contributed by atoms with Gasteiger partial charge in [0.1, 0.15) is 0 Å². The molecule has 1 unspecified atom stereocenters. The van der Waals surface area contributed by atoms with Crippen LogP contribution in [0.25, 0.3) is 0 Å². The smallest absolute Gasteiger partial charge is 0.0496 e. The number of hydrogen-bond donors (Lipinski definition) is 1. The molecule has 1 atom stereocenters. The van der Waals surface area contributed by atoms with Crippen molar-refractivity contribution in [1.82, 2.24) is 4.90 Å². The molecule has 1 fully saturated rings. The second kappa shape index (κ2) is 4.43. The Kier molecular flexibility index (Phi) is 3.74. The normalized spacial score (nSPS) is 22.8. The molecule has 1 rings (SSSR count). The van der Waals surface area contributed by atoms with Gasteiger partial charge in [-0.15, -0.1) is 0 Å². The third kappa shape index (κ3) is 2.68. The van der Waals surface area contributed by atoms with Crippen molar-refractivity contribution in [3.05, 3.63) is 0 Å². The van der Waals surface area contributed by atoms with Crippen molar-refractivity contribution in [3.8, 4) is 0 Å². The third-order valence-corrected chi connectivity index (χ3v) is 3.56. The van der Waals surface area contributed by atoms with Gasteiger partial charge in [-0.1, -0.05) is 20.3 Å². The second-order valence-electron chi connectivity index (χ2n) is 4.82. The Morgan fingerprint density at radius 3 is 2.38 bits per heavy atom. The van der Waals surface area contributed by atoms with Gasteiger partial charge < -0.3 is 10.0 Å². The van der Waals surface area contributed by atoms with Gasteiger partial charge in [0.15, 0.2) is 0 Å². The quantitative estimate of drug-likeness (QED) is 0.707. The van der Waals surface area contributed by atoms with Crippen LogP contribution in [0.4, 0.5) is 0 Å². The Morgan fingerprint density at radius 2 is 2.08 bits per heavy atom. The Hall–Kier alpha value is -0.0800. The summed E-state index contributed by atoms with van der Waals surface area (Å²) in [5.74, 6) is 0. The van der Waals surface area contributed by atoms with Crippen LogP contribution < -0.4 is 0 Å². The molecule has 2 heteroatoms. The zero-order chi connectivity index (χ0) is 9.90. The summed E-state index contributed by atoms with van der Waals surface area (Å²) in [6, 6.07) is 0.789. The fraction of sp³-hybridized carbons (Fsp3) is 1.00. The number of aliphatic hydroxyl groups excluding tert-OH is 1. The van der Waals surface area contributed by atoms with Gasteiger partial charge in [-0.2, -0.15) is 0 Å². The monoisotopic (exact) mass is 185 g/mol. The van der Waals surface area contributed by atoms with Crippen LogP contribution in [0.3, 0.4) is 0 Å². The summed E-state index contributed by atoms with van der Waals surface area (Å²) in [5.41, 5.74) is 0.102. The zero-order valence-electron chi connectivity index (χ0n) is 9.21. The lowest BCUT2D eigenvalue weighted by Crippen LogP contribution is -2.44. The lowest BCUT2D eigenvalue weighted by Gasteiger charge is -2.40. The Labute approximate surface area is 81.9 Å². The Balaban J connectivity index is 2.35. The SMILES string of the molecule is CCC(C)(CO)CN(C)C1CCC1. The van der Waals surface area contributed by atoms with Crippen molar-refractivity contribution in [2.24, 2.45) is 5.41 Å². The summed E-state index contributed by atoms with van der Waals surface area (Å²) in [6.07, 6.45) is 5.14. The molecule has 0 spiro atoms. The van der Waals surface area contributed by atoms with Gasteiger partial charge in [0.2, 0.25) is 0 Å². The minimum Gasteiger partial charge on any atom is -0.396 e. The molecular formula is C11H23NO. The molecule has 0 bridgehead atoms. The van der Waals surface area contributed by atoms with Crippen LogP contribution in [-0.4, -0.2) is 36.2 Å². The Bertz CT molecular complexity index is 150. The molecule has 1 saturated carbocycles. The van der Waals surface area contributed by atoms with E-state index in [1.54, 1.807) is 0 Å². The molecule has 1 N–H and O–H groups in total. The van der Waals surface area contributed by atoms with Crippen LogP contribution >= 0.6 is 0 Å². The fourth-order valence-corrected chi connectivity index (χ4v) is 1.83. The molecule has 0 aromatic rings. The average molecular weight is 185 g/mol. The minimum atomic E-state index is 0.102. The van der Waals surface area contributed by atoms with E-state index in [4.69, 9.17) is 0 Å². The van der Waals surface area contributed by atoms with Crippen LogP contribution in [0.15, 0.2) is 0 Å². The highest BCUT2D eigenvalue weighted by molar-refractivity contribution is 4.83. The summed E-state index contributed by atoms with van der Waals surface area (Å²) in [7, 11) is 2.19. The maximum Gasteiger partial charge on any atom is 0.0496 e. The van der Waals surface area contributed by atoms with Crippen LogP contribution in [0, 0.1) is 5.41 Å². The van der Waals surface area contributed by atoms with E-state index in [1.807, 2.05) is 0 Å². The highest BCUT2D eigenvalue weighted by atomic mass is 16.3. The molecular weight excluding hydrogens is 162 g/mol. The molecule has 2 nitrogen and oxygen atoms in total. The van der Waals surface area contributed by atoms with E-state index >= 15 is 0 Å². The maximum atomic E-state index is 9.28. The number of rotatable bonds is 5. The standard InChI is InChI=1S/C11H23NO/c1-4-11(2,9-13)8-12(3)10-6-5-7-10/h10,13H,4-9H2,1-3H3. The zero-order valence-corrected chi connectivity index (χ0v) is 9.21. The van der Waals surface area contributed by atoms with Gasteiger partial charge in [-0.25, -0.2) is 0 Å². The maximum absolute atomic E-state index is 9.28. The summed E-state index contributed by atoms with van der Waals surface area (Å²) >= 11 is 0. The van der Waals surface area contributed by atoms with E-state index in [-0.39, 0.29) is 5.41 Å². The van der Waals surface area contributed by atoms with E-state index < -0.39 is 0 Å². The first-order valence-electron chi connectivity index (χ1n) is 5.42. The number of aliphatic hydroxyl groups is 1. The summed E-state index contributed by atoms with van der Waals surface area (Å²) in [6.45, 7) is 5.66. The third-order valence-electron chi connectivity index (χ3n) is 3.56. The molecule has 0 amide bonds. The summed E-state index contributed by atoms with van der Waals surface area (Å²) in [5, 5.41) is 9.28. The van der Waals surface area contributed by atoms with Gasteiger partial charge in [0.25, 0.3) is 0 Å². The van der Waals surface area contributed by atoms with E-state index in [9.17, 15) is 5.11 Å². The molecule has 1 aliphatic carbocycles. The van der Waals surface area contributed by atoms with E-state index in [2.05, 4.69) is 25.8 Å². The van der Waals surface area contributed by atoms with E-state index in [0.29, 0.717) is 6.61 Å². The predicted octanol–water partition coefficient (Wildman–Crippen LogP) is 1.88.